The molecular formula is C18H19NO3. The molecule has 0 fully saturated rings. The van der Waals surface area contributed by atoms with Crippen molar-refractivity contribution in [3.63, 3.8) is 0 Å². The van der Waals surface area contributed by atoms with Gasteiger partial charge in [0.05, 0.1) is 6.42 Å². The van der Waals surface area contributed by atoms with E-state index in [9.17, 15) is 9.59 Å². The first-order chi connectivity index (χ1) is 10.6. The Kier molecular flexibility index (Phi) is 5.72. The third-order valence-electron chi connectivity index (χ3n) is 3.37. The molecule has 2 aromatic rings. The molecule has 0 radical (unpaired) electrons. The summed E-state index contributed by atoms with van der Waals surface area (Å²) in [4.78, 5) is 23.2. The second-order valence-electron chi connectivity index (χ2n) is 5.13. The maximum absolute atomic E-state index is 12.0. The van der Waals surface area contributed by atoms with Crippen molar-refractivity contribution in [1.82, 2.24) is 0 Å². The second-order valence-corrected chi connectivity index (χ2v) is 5.13. The van der Waals surface area contributed by atoms with Crippen LogP contribution in [0, 0.1) is 0 Å². The minimum atomic E-state index is -0.426. The lowest BCUT2D eigenvalue weighted by atomic mass is 9.92. The van der Waals surface area contributed by atoms with Crippen LogP contribution in [0.15, 0.2) is 60.7 Å². The molecule has 1 amide bonds. The van der Waals surface area contributed by atoms with Gasteiger partial charge in [0.1, 0.15) is 6.61 Å². The van der Waals surface area contributed by atoms with E-state index in [2.05, 4.69) is 0 Å². The van der Waals surface area contributed by atoms with Crippen LogP contribution in [0.25, 0.3) is 0 Å². The number of carbonyl (C=O) groups excluding carboxylic acids is 2. The third-order valence-corrected chi connectivity index (χ3v) is 3.37. The van der Waals surface area contributed by atoms with Gasteiger partial charge in [-0.05, 0) is 11.1 Å². The zero-order chi connectivity index (χ0) is 15.8. The van der Waals surface area contributed by atoms with E-state index in [0.717, 1.165) is 11.1 Å². The zero-order valence-electron chi connectivity index (χ0n) is 12.3. The third kappa shape index (κ3) is 5.05. The quantitative estimate of drug-likeness (QED) is 0.799. The average molecular weight is 297 g/mol. The molecule has 4 heteroatoms. The lowest BCUT2D eigenvalue weighted by Gasteiger charge is -2.15. The van der Waals surface area contributed by atoms with Crippen molar-refractivity contribution in [1.29, 1.82) is 0 Å². The smallest absolute Gasteiger partial charge is 0.306 e. The van der Waals surface area contributed by atoms with Crippen molar-refractivity contribution >= 4 is 11.9 Å². The van der Waals surface area contributed by atoms with Crippen LogP contribution in [0.4, 0.5) is 0 Å². The fourth-order valence-corrected chi connectivity index (χ4v) is 2.27. The van der Waals surface area contributed by atoms with Crippen LogP contribution in [0.1, 0.15) is 29.9 Å². The Balaban J connectivity index is 1.95. The van der Waals surface area contributed by atoms with Gasteiger partial charge in [-0.3, -0.25) is 9.59 Å². The Bertz CT molecular complexity index is 611. The summed E-state index contributed by atoms with van der Waals surface area (Å²) in [6.07, 6.45) is 0.268. The maximum atomic E-state index is 12.0. The largest absolute Gasteiger partial charge is 0.461 e. The second kappa shape index (κ2) is 7.98. The topological polar surface area (TPSA) is 69.4 Å². The van der Waals surface area contributed by atoms with Gasteiger partial charge >= 0.3 is 5.97 Å². The minimum Gasteiger partial charge on any atom is -0.461 e. The summed E-state index contributed by atoms with van der Waals surface area (Å²) in [5, 5.41) is 0. The van der Waals surface area contributed by atoms with Crippen LogP contribution >= 0.6 is 0 Å². The molecule has 0 aliphatic rings. The van der Waals surface area contributed by atoms with Gasteiger partial charge in [-0.25, -0.2) is 0 Å². The average Bonchev–Trinajstić information content (AvgIpc) is 2.54. The van der Waals surface area contributed by atoms with Gasteiger partial charge in [-0.1, -0.05) is 60.7 Å². The molecule has 0 aliphatic heterocycles. The van der Waals surface area contributed by atoms with E-state index < -0.39 is 5.91 Å². The number of carbonyl (C=O) groups is 2. The standard InChI is InChI=1S/C18H19NO3/c19-17(20)11-16(15-9-5-2-6-10-15)12-18(21)22-13-14-7-3-1-4-8-14/h1-10,16H,11-13H2,(H2,19,20)/t16-/m0/s1. The molecule has 22 heavy (non-hydrogen) atoms. The first kappa shape index (κ1) is 15.8. The number of hydrogen-bond donors (Lipinski definition) is 1. The molecule has 114 valence electrons. The predicted molar refractivity (Wildman–Crippen MR) is 83.8 cm³/mol. The Morgan fingerprint density at radius 1 is 0.909 bits per heavy atom. The number of benzene rings is 2. The molecule has 0 bridgehead atoms. The number of amides is 1. The Morgan fingerprint density at radius 3 is 2.09 bits per heavy atom. The van der Waals surface area contributed by atoms with Crippen molar-refractivity contribution in [2.24, 2.45) is 5.73 Å². The number of rotatable bonds is 7. The molecule has 4 nitrogen and oxygen atoms in total. The van der Waals surface area contributed by atoms with Crippen LogP contribution in [-0.4, -0.2) is 11.9 Å². The first-order valence-corrected chi connectivity index (χ1v) is 7.18. The highest BCUT2D eigenvalue weighted by Gasteiger charge is 2.19. The summed E-state index contributed by atoms with van der Waals surface area (Å²) in [5.74, 6) is -1.01. The van der Waals surface area contributed by atoms with Crippen LogP contribution < -0.4 is 5.73 Å². The van der Waals surface area contributed by atoms with Crippen molar-refractivity contribution < 1.29 is 14.3 Å². The molecule has 1 atom stereocenters. The monoisotopic (exact) mass is 297 g/mol. The number of primary amides is 1. The summed E-state index contributed by atoms with van der Waals surface area (Å²) in [6, 6.07) is 18.9. The number of esters is 1. The van der Waals surface area contributed by atoms with Crippen molar-refractivity contribution in [3.8, 4) is 0 Å². The minimum absolute atomic E-state index is 0.129. The molecule has 0 heterocycles. The molecule has 0 aliphatic carbocycles. The number of nitrogens with two attached hydrogens (primary N) is 1. The number of hydrogen-bond acceptors (Lipinski definition) is 3. The van der Waals surface area contributed by atoms with E-state index in [4.69, 9.17) is 10.5 Å². The SMILES string of the molecule is NC(=O)C[C@@H](CC(=O)OCc1ccccc1)c1ccccc1. The van der Waals surface area contributed by atoms with Crippen LogP contribution in [0.2, 0.25) is 0 Å². The molecule has 0 saturated heterocycles. The maximum Gasteiger partial charge on any atom is 0.306 e. The summed E-state index contributed by atoms with van der Waals surface area (Å²) >= 11 is 0. The van der Waals surface area contributed by atoms with Crippen LogP contribution in [0.5, 0.6) is 0 Å². The lowest BCUT2D eigenvalue weighted by Crippen LogP contribution is -2.18. The van der Waals surface area contributed by atoms with Crippen LogP contribution in [0.3, 0.4) is 0 Å². The van der Waals surface area contributed by atoms with E-state index in [-0.39, 0.29) is 31.3 Å². The molecule has 0 spiro atoms. The summed E-state index contributed by atoms with van der Waals surface area (Å²) in [7, 11) is 0. The summed E-state index contributed by atoms with van der Waals surface area (Å²) in [6.45, 7) is 0.234. The number of ether oxygens (including phenoxy) is 1. The van der Waals surface area contributed by atoms with Crippen LogP contribution in [-0.2, 0) is 20.9 Å². The lowest BCUT2D eigenvalue weighted by molar-refractivity contribution is -0.145. The van der Waals surface area contributed by atoms with Gasteiger partial charge < -0.3 is 10.5 Å². The molecule has 2 rings (SSSR count). The molecule has 2 aromatic carbocycles. The van der Waals surface area contributed by atoms with Gasteiger partial charge in [0.2, 0.25) is 5.91 Å². The Morgan fingerprint density at radius 2 is 1.50 bits per heavy atom. The molecule has 0 aromatic heterocycles. The molecule has 0 saturated carbocycles. The van der Waals surface area contributed by atoms with Crippen molar-refractivity contribution in [3.05, 3.63) is 71.8 Å². The van der Waals surface area contributed by atoms with Gasteiger partial charge in [0.25, 0.3) is 0 Å². The van der Waals surface area contributed by atoms with E-state index in [1.165, 1.54) is 0 Å². The summed E-state index contributed by atoms with van der Waals surface area (Å²) in [5.41, 5.74) is 7.13. The van der Waals surface area contributed by atoms with E-state index >= 15 is 0 Å². The van der Waals surface area contributed by atoms with E-state index in [0.29, 0.717) is 0 Å². The first-order valence-electron chi connectivity index (χ1n) is 7.18. The molecule has 2 N–H and O–H groups in total. The van der Waals surface area contributed by atoms with Gasteiger partial charge in [-0.15, -0.1) is 0 Å². The molecule has 0 unspecified atom stereocenters. The fraction of sp³-hybridized carbons (Fsp3) is 0.222. The highest BCUT2D eigenvalue weighted by molar-refractivity contribution is 5.77. The molecular weight excluding hydrogens is 278 g/mol. The highest BCUT2D eigenvalue weighted by atomic mass is 16.5. The van der Waals surface area contributed by atoms with Crippen molar-refractivity contribution in [2.75, 3.05) is 0 Å². The fourth-order valence-electron chi connectivity index (χ4n) is 2.27. The van der Waals surface area contributed by atoms with Gasteiger partial charge in [0, 0.05) is 12.3 Å². The summed E-state index contributed by atoms with van der Waals surface area (Å²) < 4.78 is 5.27. The predicted octanol–water partition coefficient (Wildman–Crippen LogP) is 2.78. The van der Waals surface area contributed by atoms with Crippen molar-refractivity contribution in [2.45, 2.75) is 25.4 Å². The van der Waals surface area contributed by atoms with Gasteiger partial charge in [-0.2, -0.15) is 0 Å². The zero-order valence-corrected chi connectivity index (χ0v) is 12.3. The normalized spacial score (nSPS) is 11.6. The van der Waals surface area contributed by atoms with E-state index in [1.807, 2.05) is 60.7 Å². The van der Waals surface area contributed by atoms with Gasteiger partial charge in [0.15, 0.2) is 0 Å². The Hall–Kier alpha value is -2.62. The Labute approximate surface area is 129 Å². The van der Waals surface area contributed by atoms with E-state index in [1.54, 1.807) is 0 Å². The highest BCUT2D eigenvalue weighted by Crippen LogP contribution is 2.23.